The van der Waals surface area contributed by atoms with E-state index in [4.69, 9.17) is 0 Å². The summed E-state index contributed by atoms with van der Waals surface area (Å²) < 4.78 is 0. The molecule has 0 bridgehead atoms. The summed E-state index contributed by atoms with van der Waals surface area (Å²) in [5.74, 6) is -0.983. The van der Waals surface area contributed by atoms with Gasteiger partial charge in [0, 0.05) is 5.56 Å². The van der Waals surface area contributed by atoms with Crippen molar-refractivity contribution in [1.82, 2.24) is 10.3 Å². The number of hydrogen-bond acceptors (Lipinski definition) is 5. The first-order valence-corrected chi connectivity index (χ1v) is 7.25. The maximum Gasteiger partial charge on any atom is 0.346 e. The second-order valence-electron chi connectivity index (χ2n) is 5.65. The zero-order valence-corrected chi connectivity index (χ0v) is 12.0. The van der Waals surface area contributed by atoms with Crippen LogP contribution in [-0.4, -0.2) is 38.9 Å². The Morgan fingerprint density at radius 2 is 1.91 bits per heavy atom. The number of rotatable bonds is 2. The van der Waals surface area contributed by atoms with Crippen LogP contribution >= 0.6 is 0 Å². The quantitative estimate of drug-likeness (QED) is 0.439. The summed E-state index contributed by atoms with van der Waals surface area (Å²) in [7, 11) is 0. The minimum Gasteiger partial charge on any atom is -0.504 e. The molecular weight excluding hydrogens is 286 g/mol. The number of benzene rings is 1. The molecule has 1 heterocycles. The van der Waals surface area contributed by atoms with E-state index in [2.05, 4.69) is 10.4 Å². The van der Waals surface area contributed by atoms with Crippen molar-refractivity contribution in [1.29, 1.82) is 0 Å². The lowest BCUT2D eigenvalue weighted by Gasteiger charge is -2.29. The number of phenolic OH excluding ortho intramolecular Hbond substituents is 2. The number of nitrogens with zero attached hydrogens (tertiary/aromatic N) is 2. The summed E-state index contributed by atoms with van der Waals surface area (Å²) in [5, 5.41) is 26.5. The SMILES string of the molecule is O=C1NC2(CCCCC2)C(=O)N1/N=C/c1cccc(O)c1O. The molecule has 22 heavy (non-hydrogen) atoms. The average molecular weight is 303 g/mol. The van der Waals surface area contributed by atoms with E-state index < -0.39 is 11.6 Å². The molecule has 1 spiro atoms. The second-order valence-corrected chi connectivity index (χ2v) is 5.65. The Bertz CT molecular complexity index is 650. The topological polar surface area (TPSA) is 102 Å². The predicted octanol–water partition coefficient (Wildman–Crippen LogP) is 1.69. The second kappa shape index (κ2) is 5.32. The molecule has 3 N–H and O–H groups in total. The standard InChI is InChI=1S/C15H17N3O4/c19-11-6-4-5-10(12(11)20)9-16-18-13(21)15(17-14(18)22)7-2-1-3-8-15/h4-6,9,19-20H,1-3,7-8H2,(H,17,22)/b16-9+. The minimum atomic E-state index is -0.826. The van der Waals surface area contributed by atoms with Gasteiger partial charge in [0.25, 0.3) is 5.91 Å². The first-order valence-electron chi connectivity index (χ1n) is 7.25. The summed E-state index contributed by atoms with van der Waals surface area (Å²) in [6.45, 7) is 0. The Kier molecular flexibility index (Phi) is 3.48. The van der Waals surface area contributed by atoms with Gasteiger partial charge in [-0.3, -0.25) is 4.79 Å². The molecule has 1 saturated carbocycles. The molecule has 7 heteroatoms. The number of carbonyl (C=O) groups excluding carboxylic acids is 2. The number of phenols is 2. The lowest BCUT2D eigenvalue weighted by atomic mass is 9.82. The van der Waals surface area contributed by atoms with E-state index in [1.165, 1.54) is 24.4 Å². The van der Waals surface area contributed by atoms with Crippen molar-refractivity contribution in [2.45, 2.75) is 37.6 Å². The maximum absolute atomic E-state index is 12.5. The predicted molar refractivity (Wildman–Crippen MR) is 78.6 cm³/mol. The molecule has 2 fully saturated rings. The van der Waals surface area contributed by atoms with E-state index in [-0.39, 0.29) is 23.0 Å². The average Bonchev–Trinajstić information content (AvgIpc) is 2.73. The zero-order valence-electron chi connectivity index (χ0n) is 12.0. The third kappa shape index (κ3) is 2.28. The van der Waals surface area contributed by atoms with Crippen LogP contribution in [0.3, 0.4) is 0 Å². The Morgan fingerprint density at radius 1 is 1.18 bits per heavy atom. The molecule has 0 unspecified atom stereocenters. The van der Waals surface area contributed by atoms with Gasteiger partial charge in [-0.2, -0.15) is 5.10 Å². The fourth-order valence-electron chi connectivity index (χ4n) is 2.98. The lowest BCUT2D eigenvalue weighted by Crippen LogP contribution is -2.48. The smallest absolute Gasteiger partial charge is 0.346 e. The first-order chi connectivity index (χ1) is 10.5. The number of aromatic hydroxyl groups is 2. The normalized spacial score (nSPS) is 20.8. The van der Waals surface area contributed by atoms with Crippen molar-refractivity contribution < 1.29 is 19.8 Å². The third-order valence-corrected chi connectivity index (χ3v) is 4.21. The fourth-order valence-corrected chi connectivity index (χ4v) is 2.98. The van der Waals surface area contributed by atoms with Crippen LogP contribution in [0.2, 0.25) is 0 Å². The van der Waals surface area contributed by atoms with Gasteiger partial charge in [0.1, 0.15) is 5.54 Å². The summed E-state index contributed by atoms with van der Waals surface area (Å²) in [4.78, 5) is 24.5. The van der Waals surface area contributed by atoms with Crippen LogP contribution in [0.25, 0.3) is 0 Å². The summed E-state index contributed by atoms with van der Waals surface area (Å²) in [6.07, 6.45) is 5.30. The molecule has 1 aromatic carbocycles. The van der Waals surface area contributed by atoms with Gasteiger partial charge < -0.3 is 15.5 Å². The maximum atomic E-state index is 12.5. The van der Waals surface area contributed by atoms with E-state index in [0.29, 0.717) is 12.8 Å². The number of hydrogen-bond donors (Lipinski definition) is 3. The van der Waals surface area contributed by atoms with E-state index in [1.54, 1.807) is 0 Å². The summed E-state index contributed by atoms with van der Waals surface area (Å²) >= 11 is 0. The molecule has 3 rings (SSSR count). The van der Waals surface area contributed by atoms with Crippen molar-refractivity contribution in [3.8, 4) is 11.5 Å². The van der Waals surface area contributed by atoms with E-state index >= 15 is 0 Å². The van der Waals surface area contributed by atoms with Crippen molar-refractivity contribution in [2.75, 3.05) is 0 Å². The van der Waals surface area contributed by atoms with Crippen LogP contribution in [0.1, 0.15) is 37.7 Å². The van der Waals surface area contributed by atoms with Gasteiger partial charge >= 0.3 is 6.03 Å². The third-order valence-electron chi connectivity index (χ3n) is 4.21. The van der Waals surface area contributed by atoms with Crippen molar-refractivity contribution >= 4 is 18.2 Å². The van der Waals surface area contributed by atoms with Crippen molar-refractivity contribution in [3.63, 3.8) is 0 Å². The van der Waals surface area contributed by atoms with E-state index in [9.17, 15) is 19.8 Å². The molecular formula is C15H17N3O4. The van der Waals surface area contributed by atoms with Gasteiger partial charge in [-0.15, -0.1) is 5.01 Å². The monoisotopic (exact) mass is 303 g/mol. The van der Waals surface area contributed by atoms with Gasteiger partial charge in [-0.05, 0) is 25.0 Å². The first kappa shape index (κ1) is 14.4. The minimum absolute atomic E-state index is 0.227. The van der Waals surface area contributed by atoms with Crippen LogP contribution in [0.15, 0.2) is 23.3 Å². The summed E-state index contributed by atoms with van der Waals surface area (Å²) in [5.41, 5.74) is -0.599. The molecule has 7 nitrogen and oxygen atoms in total. The largest absolute Gasteiger partial charge is 0.504 e. The molecule has 116 valence electrons. The van der Waals surface area contributed by atoms with Crippen LogP contribution in [0.4, 0.5) is 4.79 Å². The summed E-state index contributed by atoms with van der Waals surface area (Å²) in [6, 6.07) is 3.83. The number of hydrazone groups is 1. The van der Waals surface area contributed by atoms with Gasteiger partial charge in [0.05, 0.1) is 6.21 Å². The number of carbonyl (C=O) groups is 2. The fraction of sp³-hybridized carbons (Fsp3) is 0.400. The van der Waals surface area contributed by atoms with Gasteiger partial charge in [0.15, 0.2) is 11.5 Å². The Balaban J connectivity index is 1.83. The molecule has 1 aliphatic carbocycles. The number of urea groups is 1. The Morgan fingerprint density at radius 3 is 2.64 bits per heavy atom. The van der Waals surface area contributed by atoms with E-state index in [1.807, 2.05) is 0 Å². The highest BCUT2D eigenvalue weighted by atomic mass is 16.3. The highest BCUT2D eigenvalue weighted by Gasteiger charge is 2.51. The highest BCUT2D eigenvalue weighted by molar-refractivity contribution is 6.07. The Labute approximate surface area is 127 Å². The van der Waals surface area contributed by atoms with Crippen molar-refractivity contribution in [2.24, 2.45) is 5.10 Å². The van der Waals surface area contributed by atoms with Gasteiger partial charge in [-0.25, -0.2) is 4.79 Å². The number of imide groups is 1. The zero-order chi connectivity index (χ0) is 15.7. The molecule has 1 aromatic rings. The molecule has 0 atom stereocenters. The Hall–Kier alpha value is -2.57. The van der Waals surface area contributed by atoms with Crippen LogP contribution in [0, 0.1) is 0 Å². The number of amides is 3. The van der Waals surface area contributed by atoms with Crippen LogP contribution < -0.4 is 5.32 Å². The molecule has 2 aliphatic rings. The molecule has 1 saturated heterocycles. The van der Waals surface area contributed by atoms with Crippen LogP contribution in [-0.2, 0) is 4.79 Å². The van der Waals surface area contributed by atoms with Crippen molar-refractivity contribution in [3.05, 3.63) is 23.8 Å². The highest BCUT2D eigenvalue weighted by Crippen LogP contribution is 2.34. The van der Waals surface area contributed by atoms with Crippen LogP contribution in [0.5, 0.6) is 11.5 Å². The number of nitrogens with one attached hydrogen (secondary N) is 1. The molecule has 1 aliphatic heterocycles. The molecule has 0 radical (unpaired) electrons. The molecule has 3 amide bonds. The van der Waals surface area contributed by atoms with Gasteiger partial charge in [0.2, 0.25) is 0 Å². The lowest BCUT2D eigenvalue weighted by molar-refractivity contribution is -0.132. The van der Waals surface area contributed by atoms with Gasteiger partial charge in [-0.1, -0.05) is 25.3 Å². The molecule has 0 aromatic heterocycles. The van der Waals surface area contributed by atoms with E-state index in [0.717, 1.165) is 24.3 Å². The number of para-hydroxylation sites is 1.